The van der Waals surface area contributed by atoms with Crippen molar-refractivity contribution in [2.45, 2.75) is 213 Å². The largest absolute Gasteiger partial charge is 0.481 e. The number of aliphatic carboxylic acids is 2. The summed E-state index contributed by atoms with van der Waals surface area (Å²) in [5, 5.41) is 43.8. The van der Waals surface area contributed by atoms with E-state index in [9.17, 15) is 115 Å². The predicted octanol–water partition coefficient (Wildman–Crippen LogP) is -4.66. The average molecular weight is 1510 g/mol. The van der Waals surface area contributed by atoms with Gasteiger partial charge in [-0.1, -0.05) is 44.5 Å². The molecule has 5 rings (SSSR count). The number of carboxylic acids is 2. The molecule has 0 aliphatic carbocycles. The number of alkyl halides is 2. The van der Waals surface area contributed by atoms with Crippen LogP contribution in [0, 0.1) is 5.92 Å². The van der Waals surface area contributed by atoms with E-state index < -0.39 is 239 Å². The molecule has 4 aliphatic rings. The maximum Gasteiger partial charge on any atom is 0.399 e. The molecule has 1 aromatic carbocycles. The Balaban J connectivity index is 1.35. The first-order valence-corrected chi connectivity index (χ1v) is 36.2. The number of rotatable bonds is 43. The molecule has 16 amide bonds. The van der Waals surface area contributed by atoms with Gasteiger partial charge in [0.05, 0.1) is 25.0 Å². The van der Waals surface area contributed by atoms with Gasteiger partial charge in [-0.05, 0) is 82.1 Å². The Morgan fingerprint density at radius 3 is 1.62 bits per heavy atom. The van der Waals surface area contributed by atoms with Crippen molar-refractivity contribution in [1.82, 2.24) is 63.0 Å². The second kappa shape index (κ2) is 39.3. The van der Waals surface area contributed by atoms with Crippen molar-refractivity contribution < 1.29 is 115 Å². The van der Waals surface area contributed by atoms with Gasteiger partial charge in [-0.25, -0.2) is 4.79 Å². The third kappa shape index (κ3) is 26.0. The molecule has 4 aliphatic heterocycles. The van der Waals surface area contributed by atoms with Crippen molar-refractivity contribution in [2.75, 3.05) is 25.4 Å². The van der Waals surface area contributed by atoms with Crippen molar-refractivity contribution in [3.8, 4) is 0 Å². The molecule has 104 heavy (non-hydrogen) atoms. The molecule has 1 aromatic rings. The lowest BCUT2D eigenvalue weighted by Gasteiger charge is -2.31. The van der Waals surface area contributed by atoms with E-state index in [1.165, 1.54) is 0 Å². The maximum atomic E-state index is 14.9. The quantitative estimate of drug-likeness (QED) is 0.0166. The van der Waals surface area contributed by atoms with Gasteiger partial charge in [0.1, 0.15) is 54.4 Å². The minimum Gasteiger partial charge on any atom is -0.481 e. The average Bonchev–Trinajstić information content (AvgIpc) is 1.08. The van der Waals surface area contributed by atoms with Crippen LogP contribution in [0.4, 0.5) is 13.6 Å². The molecule has 576 valence electrons. The maximum absolute atomic E-state index is 14.9. The topological polar surface area (TPSA) is 619 Å². The number of primary amides is 4. The number of carbonyl (C=O) groups is 17. The smallest absolute Gasteiger partial charge is 0.399 e. The van der Waals surface area contributed by atoms with E-state index in [1.807, 2.05) is 0 Å². The molecule has 4 heterocycles. The number of halogens is 2. The third-order valence-electron chi connectivity index (χ3n) is 17.5. The molecular weight excluding hydrogens is 1420 g/mol. The summed E-state index contributed by atoms with van der Waals surface area (Å²) in [6.07, 6.45) is -4.55. The first-order valence-electron chi connectivity index (χ1n) is 33.5. The number of thioether (sulfide) groups is 1. The zero-order valence-corrected chi connectivity index (χ0v) is 58.7. The highest BCUT2D eigenvalue weighted by molar-refractivity contribution is 8.00. The summed E-state index contributed by atoms with van der Waals surface area (Å²) in [6.45, 7) is 2.18. The number of amides is 16. The number of nitrogens with one attached hydrogen (secondary N) is 10. The van der Waals surface area contributed by atoms with Crippen LogP contribution in [-0.4, -0.2) is 228 Å². The van der Waals surface area contributed by atoms with Crippen LogP contribution in [0.15, 0.2) is 24.3 Å². The van der Waals surface area contributed by atoms with Gasteiger partial charge in [-0.15, -0.1) is 0 Å². The van der Waals surface area contributed by atoms with E-state index in [0.29, 0.717) is 31.4 Å². The number of fused-ring (bicyclic) bond motifs is 1. The summed E-state index contributed by atoms with van der Waals surface area (Å²) in [5.41, 5.74) is 15.7. The van der Waals surface area contributed by atoms with Gasteiger partial charge < -0.3 is 106 Å². The number of unbranched alkanes of at least 4 members (excludes halogenated alkanes) is 1. The van der Waals surface area contributed by atoms with E-state index in [-0.39, 0.29) is 86.5 Å². The molecule has 42 heteroatoms. The Morgan fingerprint density at radius 2 is 1.08 bits per heavy atom. The molecule has 0 bridgehead atoms. The number of benzene rings is 1. The Bertz CT molecular complexity index is 3440. The van der Waals surface area contributed by atoms with Crippen molar-refractivity contribution in [3.63, 3.8) is 0 Å². The Kier molecular flexibility index (Phi) is 32.1. The summed E-state index contributed by atoms with van der Waals surface area (Å²) in [7, 11) is -6.12. The van der Waals surface area contributed by atoms with Crippen molar-refractivity contribution in [3.05, 3.63) is 35.4 Å². The number of carboxylic acid groups (broad SMARTS) is 2. The molecule has 4 saturated heterocycles. The van der Waals surface area contributed by atoms with E-state index in [0.717, 1.165) is 27.7 Å². The van der Waals surface area contributed by atoms with Crippen LogP contribution in [0.1, 0.15) is 141 Å². The second-order valence-electron chi connectivity index (χ2n) is 26.1. The third-order valence-corrected chi connectivity index (χ3v) is 20.0. The fourth-order valence-electron chi connectivity index (χ4n) is 12.2. The monoisotopic (exact) mass is 1510 g/mol. The summed E-state index contributed by atoms with van der Waals surface area (Å²) < 4.78 is 41.5. The second-order valence-corrected chi connectivity index (χ2v) is 29.0. The van der Waals surface area contributed by atoms with Crippen LogP contribution < -0.4 is 76.1 Å². The van der Waals surface area contributed by atoms with Crippen molar-refractivity contribution in [2.24, 2.45) is 28.9 Å². The zero-order chi connectivity index (χ0) is 77.5. The van der Waals surface area contributed by atoms with Gasteiger partial charge in [-0.3, -0.25) is 81.3 Å². The molecule has 12 atom stereocenters. The fraction of sp³-hybridized carbons (Fsp3) is 0.629. The number of likely N-dealkylation sites (tertiary alicyclic amines) is 2. The number of hydrogen-bond donors (Lipinski definition) is 18. The number of urea groups is 1. The molecule has 0 saturated carbocycles. The van der Waals surface area contributed by atoms with Gasteiger partial charge >= 0.3 is 31.2 Å². The molecule has 0 aromatic heterocycles. The van der Waals surface area contributed by atoms with Gasteiger partial charge in [0, 0.05) is 68.2 Å². The minimum atomic E-state index is -6.12. The molecule has 0 spiro atoms. The molecule has 4 fully saturated rings. The van der Waals surface area contributed by atoms with Crippen LogP contribution >= 0.6 is 19.4 Å². The number of hydrogen-bond acceptors (Lipinski definition) is 19. The molecular formula is C62H91F2N16O22PS. The van der Waals surface area contributed by atoms with Gasteiger partial charge in [0.2, 0.25) is 82.7 Å². The highest BCUT2D eigenvalue weighted by Gasteiger charge is 2.51. The molecule has 22 N–H and O–H groups in total. The van der Waals surface area contributed by atoms with Gasteiger partial charge in [-0.2, -0.15) is 20.5 Å². The first-order chi connectivity index (χ1) is 48.8. The minimum absolute atomic E-state index is 0.0159. The number of nitrogens with two attached hydrogens (primary N) is 4. The molecule has 0 radical (unpaired) electrons. The van der Waals surface area contributed by atoms with Crippen molar-refractivity contribution >= 4 is 120 Å². The number of nitrogens with zero attached hydrogens (tertiary/aromatic N) is 2. The summed E-state index contributed by atoms with van der Waals surface area (Å²) in [5.74, 6) is -16.7. The van der Waals surface area contributed by atoms with Gasteiger partial charge in [0.25, 0.3) is 0 Å². The summed E-state index contributed by atoms with van der Waals surface area (Å²) in [4.78, 5) is 245. The van der Waals surface area contributed by atoms with Crippen LogP contribution in [-0.2, 0) is 93.4 Å². The SMILES string of the molecule is CC(C)C[C@H](NC(=O)[C@H](CC(N)=O)NC(=O)[C@H](CCC(=O)O)NC(=O)CNC(=O)[C@@H]1CCCN1C(=O)[C@H](CCC(N)=O)NC(=O)[C@H](Cc1ccc(C(F)(F)P(=O)(O)O)cc1)NC(=O)[C@H](CCC(N)=O)NC(=O)[C@@H]1CCCN1C(=O)[C@H](CCC(=O)O)NC(=O)CCCC[C@@H]1SC[C@@H]2NC(=O)N[C@@H]21)C(N)=O. The summed E-state index contributed by atoms with van der Waals surface area (Å²) in [6, 6.07) is -11.9. The Morgan fingerprint density at radius 1 is 0.596 bits per heavy atom. The lowest BCUT2D eigenvalue weighted by atomic mass is 10.0. The molecule has 38 nitrogen and oxygen atoms in total. The number of carbonyl (C=O) groups excluding carboxylic acids is 15. The lowest BCUT2D eigenvalue weighted by molar-refractivity contribution is -0.143. The van der Waals surface area contributed by atoms with Crippen LogP contribution in [0.3, 0.4) is 0 Å². The van der Waals surface area contributed by atoms with Crippen molar-refractivity contribution in [1.29, 1.82) is 0 Å². The molecule has 0 unspecified atom stereocenters. The van der Waals surface area contributed by atoms with Gasteiger partial charge in [0.15, 0.2) is 0 Å². The Labute approximate surface area is 598 Å². The zero-order valence-electron chi connectivity index (χ0n) is 57.0. The predicted molar refractivity (Wildman–Crippen MR) is 359 cm³/mol. The standard InChI is InChI=1S/C62H91F2N16O22PS/c1-30(2)25-37(52(68)90)74-56(94)39(27-46(67)83)76-53(91)33(17-21-49(86)87)70-48(85)28-69-57(95)41-7-5-23-79(41)60(98)36(16-20-45(66)82)73-55(93)38(26-31-11-13-32(14-12-31)62(63,64)103(100,101)102)75-54(92)34(15-19-44(65)81)72-58(96)42-8-6-24-80(42)59(97)35(18-22-50(88)89)71-47(84)10-4-3-9-43-51-40(29-104-43)77-61(99)78-51/h11-14,30,33-43,51H,3-10,15-29H2,1-2H3,(H2,65,81)(H2,66,82)(H2,67,83)(H2,68,90)(H,69,95)(H,70,85)(H,71,84)(H,72,96)(H,73,93)(H,74,94)(H,75,92)(H,76,91)(H,86,87)(H,88,89)(H2,77,78,99)(H2,100,101,102)/t33-,34-,35-,36-,37-,38-,39-,40-,41-,42-,43-,51-/m0/s1. The first kappa shape index (κ1) is 85.0. The summed E-state index contributed by atoms with van der Waals surface area (Å²) >= 11 is 1.68. The lowest BCUT2D eigenvalue weighted by Crippen LogP contribution is -2.60. The van der Waals surface area contributed by atoms with Crippen LogP contribution in [0.5, 0.6) is 0 Å². The van der Waals surface area contributed by atoms with E-state index >= 15 is 0 Å². The van der Waals surface area contributed by atoms with Crippen LogP contribution in [0.25, 0.3) is 0 Å². The highest BCUT2D eigenvalue weighted by Crippen LogP contribution is 2.59. The van der Waals surface area contributed by atoms with E-state index in [1.54, 1.807) is 25.6 Å². The highest BCUT2D eigenvalue weighted by atomic mass is 32.2. The normalized spacial score (nSPS) is 19.7. The van der Waals surface area contributed by atoms with E-state index in [2.05, 4.69) is 53.2 Å². The fourth-order valence-corrected chi connectivity index (χ4v) is 14.2. The van der Waals surface area contributed by atoms with E-state index in [4.69, 9.17) is 22.9 Å². The Hall–Kier alpha value is -9.63. The van der Waals surface area contributed by atoms with Crippen LogP contribution in [0.2, 0.25) is 0 Å².